The highest BCUT2D eigenvalue weighted by Gasteiger charge is 2.16. The lowest BCUT2D eigenvalue weighted by Gasteiger charge is -2.11. The number of rotatable bonds is 3. The molecular formula is C16H13F2NO3. The lowest BCUT2D eigenvalue weighted by Crippen LogP contribution is -2.19. The summed E-state index contributed by atoms with van der Waals surface area (Å²) >= 11 is 0. The molecule has 0 heterocycles. The van der Waals surface area contributed by atoms with Crippen LogP contribution in [0.4, 0.5) is 8.78 Å². The first-order valence-corrected chi connectivity index (χ1v) is 6.42. The molecule has 0 unspecified atom stereocenters. The molecule has 0 radical (unpaired) electrons. The van der Waals surface area contributed by atoms with E-state index in [-0.39, 0.29) is 16.9 Å². The van der Waals surface area contributed by atoms with Crippen LogP contribution in [-0.2, 0) is 4.79 Å². The van der Waals surface area contributed by atoms with Gasteiger partial charge in [-0.3, -0.25) is 9.59 Å². The Morgan fingerprint density at radius 2 is 1.82 bits per heavy atom. The van der Waals surface area contributed by atoms with Crippen molar-refractivity contribution in [3.8, 4) is 16.9 Å². The molecule has 22 heavy (non-hydrogen) atoms. The van der Waals surface area contributed by atoms with Crippen LogP contribution in [0.1, 0.15) is 17.3 Å². The standard InChI is InChI=1S/C16H13F2NO3/c1-9(20)22-15-6-3-10(7-13(15)16(21)19-2)12-5-4-11(17)8-14(12)18/h3-8H,1-2H3,(H,19,21). The summed E-state index contributed by atoms with van der Waals surface area (Å²) in [6.45, 7) is 1.21. The van der Waals surface area contributed by atoms with E-state index in [1.807, 2.05) is 0 Å². The molecule has 0 atom stereocenters. The number of benzene rings is 2. The maximum absolute atomic E-state index is 13.8. The number of ether oxygens (including phenoxy) is 1. The Balaban J connectivity index is 2.54. The Bertz CT molecular complexity index is 744. The number of hydrogen-bond acceptors (Lipinski definition) is 3. The van der Waals surface area contributed by atoms with Gasteiger partial charge < -0.3 is 10.1 Å². The number of halogens is 2. The molecule has 2 rings (SSSR count). The third kappa shape index (κ3) is 3.28. The second-order valence-corrected chi connectivity index (χ2v) is 4.51. The van der Waals surface area contributed by atoms with E-state index in [9.17, 15) is 18.4 Å². The Morgan fingerprint density at radius 3 is 2.41 bits per heavy atom. The average molecular weight is 305 g/mol. The first-order valence-electron chi connectivity index (χ1n) is 6.42. The molecule has 0 saturated carbocycles. The van der Waals surface area contributed by atoms with Gasteiger partial charge in [0.15, 0.2) is 0 Å². The smallest absolute Gasteiger partial charge is 0.308 e. The first kappa shape index (κ1) is 15.6. The Hall–Kier alpha value is -2.76. The highest BCUT2D eigenvalue weighted by atomic mass is 19.1. The Kier molecular flexibility index (Phi) is 4.50. The predicted molar refractivity (Wildman–Crippen MR) is 76.5 cm³/mol. The highest BCUT2D eigenvalue weighted by molar-refractivity contribution is 5.98. The maximum Gasteiger partial charge on any atom is 0.308 e. The monoisotopic (exact) mass is 305 g/mol. The van der Waals surface area contributed by atoms with Gasteiger partial charge in [-0.05, 0) is 29.8 Å². The van der Waals surface area contributed by atoms with Gasteiger partial charge in [0.25, 0.3) is 5.91 Å². The zero-order valence-electron chi connectivity index (χ0n) is 11.9. The van der Waals surface area contributed by atoms with E-state index >= 15 is 0 Å². The Labute approximate surface area is 125 Å². The van der Waals surface area contributed by atoms with E-state index < -0.39 is 23.5 Å². The van der Waals surface area contributed by atoms with Gasteiger partial charge >= 0.3 is 5.97 Å². The SMILES string of the molecule is CNC(=O)c1cc(-c2ccc(F)cc2F)ccc1OC(C)=O. The van der Waals surface area contributed by atoms with Crippen molar-refractivity contribution in [1.29, 1.82) is 0 Å². The van der Waals surface area contributed by atoms with E-state index in [1.54, 1.807) is 0 Å². The highest BCUT2D eigenvalue weighted by Crippen LogP contribution is 2.29. The molecular weight excluding hydrogens is 292 g/mol. The van der Waals surface area contributed by atoms with E-state index in [1.165, 1.54) is 38.2 Å². The van der Waals surface area contributed by atoms with Gasteiger partial charge in [-0.15, -0.1) is 0 Å². The van der Waals surface area contributed by atoms with Crippen LogP contribution in [0.3, 0.4) is 0 Å². The molecule has 0 aliphatic rings. The van der Waals surface area contributed by atoms with Crippen LogP contribution < -0.4 is 10.1 Å². The van der Waals surface area contributed by atoms with Gasteiger partial charge in [-0.2, -0.15) is 0 Å². The fraction of sp³-hybridized carbons (Fsp3) is 0.125. The topological polar surface area (TPSA) is 55.4 Å². The second-order valence-electron chi connectivity index (χ2n) is 4.51. The van der Waals surface area contributed by atoms with Gasteiger partial charge in [-0.25, -0.2) is 8.78 Å². The van der Waals surface area contributed by atoms with Gasteiger partial charge in [-0.1, -0.05) is 6.07 Å². The van der Waals surface area contributed by atoms with Crippen molar-refractivity contribution in [2.45, 2.75) is 6.92 Å². The third-order valence-corrected chi connectivity index (χ3v) is 2.95. The summed E-state index contributed by atoms with van der Waals surface area (Å²) in [4.78, 5) is 22.9. The van der Waals surface area contributed by atoms with Crippen molar-refractivity contribution >= 4 is 11.9 Å². The number of hydrogen-bond donors (Lipinski definition) is 1. The van der Waals surface area contributed by atoms with Gasteiger partial charge in [0.1, 0.15) is 17.4 Å². The van der Waals surface area contributed by atoms with Gasteiger partial charge in [0.2, 0.25) is 0 Å². The zero-order chi connectivity index (χ0) is 16.3. The lowest BCUT2D eigenvalue weighted by molar-refractivity contribution is -0.131. The van der Waals surface area contributed by atoms with Crippen molar-refractivity contribution in [1.82, 2.24) is 5.32 Å². The second kappa shape index (κ2) is 6.34. The maximum atomic E-state index is 13.8. The zero-order valence-corrected chi connectivity index (χ0v) is 11.9. The number of carbonyl (C=O) groups excluding carboxylic acids is 2. The molecule has 0 fully saturated rings. The molecule has 0 spiro atoms. The molecule has 2 aromatic carbocycles. The molecule has 0 bridgehead atoms. The largest absolute Gasteiger partial charge is 0.426 e. The minimum absolute atomic E-state index is 0.0677. The molecule has 0 aliphatic heterocycles. The van der Waals surface area contributed by atoms with E-state index in [0.29, 0.717) is 5.56 Å². The normalized spacial score (nSPS) is 10.2. The molecule has 114 valence electrons. The van der Waals surface area contributed by atoms with Crippen molar-refractivity contribution in [3.05, 3.63) is 53.6 Å². The lowest BCUT2D eigenvalue weighted by atomic mass is 10.0. The molecule has 6 heteroatoms. The van der Waals surface area contributed by atoms with Crippen LogP contribution >= 0.6 is 0 Å². The van der Waals surface area contributed by atoms with Crippen LogP contribution in [0.25, 0.3) is 11.1 Å². The molecule has 0 aromatic heterocycles. The summed E-state index contributed by atoms with van der Waals surface area (Å²) in [6, 6.07) is 7.42. The number of nitrogens with one attached hydrogen (secondary N) is 1. The van der Waals surface area contributed by atoms with E-state index in [4.69, 9.17) is 4.74 Å². The average Bonchev–Trinajstić information content (AvgIpc) is 2.46. The molecule has 1 amide bonds. The summed E-state index contributed by atoms with van der Waals surface area (Å²) in [6.07, 6.45) is 0. The van der Waals surface area contributed by atoms with Gasteiger partial charge in [0, 0.05) is 25.6 Å². The van der Waals surface area contributed by atoms with Crippen molar-refractivity contribution < 1.29 is 23.1 Å². The molecule has 4 nitrogen and oxygen atoms in total. The van der Waals surface area contributed by atoms with Crippen molar-refractivity contribution in [3.63, 3.8) is 0 Å². The van der Waals surface area contributed by atoms with Crippen LogP contribution in [0.15, 0.2) is 36.4 Å². The van der Waals surface area contributed by atoms with E-state index in [0.717, 1.165) is 12.1 Å². The third-order valence-electron chi connectivity index (χ3n) is 2.95. The van der Waals surface area contributed by atoms with Crippen molar-refractivity contribution in [2.24, 2.45) is 0 Å². The van der Waals surface area contributed by atoms with Crippen LogP contribution in [-0.4, -0.2) is 18.9 Å². The van der Waals surface area contributed by atoms with Crippen LogP contribution in [0.2, 0.25) is 0 Å². The van der Waals surface area contributed by atoms with Gasteiger partial charge in [0.05, 0.1) is 5.56 Å². The summed E-state index contributed by atoms with van der Waals surface area (Å²) < 4.78 is 31.8. The molecule has 2 aromatic rings. The number of amides is 1. The fourth-order valence-electron chi connectivity index (χ4n) is 1.98. The minimum Gasteiger partial charge on any atom is -0.426 e. The quantitative estimate of drug-likeness (QED) is 0.701. The fourth-order valence-corrected chi connectivity index (χ4v) is 1.98. The summed E-state index contributed by atoms with van der Waals surface area (Å²) in [5, 5.41) is 2.41. The van der Waals surface area contributed by atoms with E-state index in [2.05, 4.69) is 5.32 Å². The van der Waals surface area contributed by atoms with Crippen molar-refractivity contribution in [2.75, 3.05) is 7.05 Å². The number of carbonyl (C=O) groups is 2. The Morgan fingerprint density at radius 1 is 1.09 bits per heavy atom. The summed E-state index contributed by atoms with van der Waals surface area (Å²) in [7, 11) is 1.42. The molecule has 0 aliphatic carbocycles. The minimum atomic E-state index is -0.747. The summed E-state index contributed by atoms with van der Waals surface area (Å²) in [5.41, 5.74) is 0.590. The first-order chi connectivity index (χ1) is 10.4. The molecule has 0 saturated heterocycles. The van der Waals surface area contributed by atoms with Crippen LogP contribution in [0.5, 0.6) is 5.75 Å². The summed E-state index contributed by atoms with van der Waals surface area (Å²) in [5.74, 6) is -2.43. The predicted octanol–water partition coefficient (Wildman–Crippen LogP) is 2.92. The molecule has 1 N–H and O–H groups in total. The number of esters is 1. The van der Waals surface area contributed by atoms with Crippen LogP contribution in [0, 0.1) is 11.6 Å².